The summed E-state index contributed by atoms with van der Waals surface area (Å²) in [6, 6.07) is 2.97. The maximum absolute atomic E-state index is 13.6. The van der Waals surface area contributed by atoms with Crippen LogP contribution in [0.5, 0.6) is 0 Å². The molecule has 1 unspecified atom stereocenters. The molecule has 0 aliphatic heterocycles. The molecule has 0 saturated carbocycles. The second kappa shape index (κ2) is 7.59. The van der Waals surface area contributed by atoms with E-state index in [0.717, 1.165) is 18.2 Å². The van der Waals surface area contributed by atoms with Crippen molar-refractivity contribution in [1.82, 2.24) is 5.32 Å². The van der Waals surface area contributed by atoms with Crippen molar-refractivity contribution in [2.45, 2.75) is 25.4 Å². The molecule has 1 aromatic rings. The third-order valence-corrected chi connectivity index (χ3v) is 3.59. The summed E-state index contributed by atoms with van der Waals surface area (Å²) in [6.45, 7) is 1.26. The molecule has 20 heavy (non-hydrogen) atoms. The van der Waals surface area contributed by atoms with Crippen molar-refractivity contribution in [3.05, 3.63) is 35.4 Å². The third kappa shape index (κ3) is 5.09. The van der Waals surface area contributed by atoms with Crippen LogP contribution >= 0.6 is 11.8 Å². The van der Waals surface area contributed by atoms with E-state index >= 15 is 0 Å². The van der Waals surface area contributed by atoms with E-state index in [-0.39, 0.29) is 18.0 Å². The van der Waals surface area contributed by atoms with Gasteiger partial charge in [0.25, 0.3) is 0 Å². The number of amides is 1. The van der Waals surface area contributed by atoms with Crippen molar-refractivity contribution >= 4 is 17.7 Å². The molecule has 0 aromatic heterocycles. The van der Waals surface area contributed by atoms with Crippen LogP contribution < -0.4 is 5.32 Å². The number of hydrogen-bond donors (Lipinski definition) is 2. The molecule has 0 saturated heterocycles. The number of carbonyl (C=O) groups excluding carboxylic acids is 1. The minimum atomic E-state index is -1.58. The molecule has 3 nitrogen and oxygen atoms in total. The molecule has 0 aliphatic carbocycles. The monoisotopic (exact) mass is 303 g/mol. The summed E-state index contributed by atoms with van der Waals surface area (Å²) in [5.41, 5.74) is -1.62. The first-order valence-corrected chi connectivity index (χ1v) is 7.70. The van der Waals surface area contributed by atoms with Crippen LogP contribution in [0.25, 0.3) is 0 Å². The lowest BCUT2D eigenvalue weighted by Gasteiger charge is -2.24. The van der Waals surface area contributed by atoms with Crippen LogP contribution in [-0.4, -0.2) is 29.6 Å². The van der Waals surface area contributed by atoms with E-state index in [1.165, 1.54) is 13.0 Å². The summed E-state index contributed by atoms with van der Waals surface area (Å²) in [5, 5.41) is 12.8. The Bertz CT molecular complexity index is 466. The lowest BCUT2D eigenvalue weighted by Crippen LogP contribution is -2.39. The zero-order valence-electron chi connectivity index (χ0n) is 11.6. The van der Waals surface area contributed by atoms with E-state index in [0.29, 0.717) is 12.5 Å². The van der Waals surface area contributed by atoms with Gasteiger partial charge in [0.2, 0.25) is 5.91 Å². The van der Waals surface area contributed by atoms with Gasteiger partial charge in [-0.2, -0.15) is 11.8 Å². The predicted octanol–water partition coefficient (Wildman–Crippen LogP) is 2.43. The summed E-state index contributed by atoms with van der Waals surface area (Å²) in [6.07, 6.45) is 3.07. The van der Waals surface area contributed by atoms with Crippen LogP contribution in [0, 0.1) is 11.6 Å². The highest BCUT2D eigenvalue weighted by Gasteiger charge is 2.27. The molecule has 112 valence electrons. The molecule has 0 radical (unpaired) electrons. The van der Waals surface area contributed by atoms with Gasteiger partial charge in [-0.15, -0.1) is 0 Å². The maximum atomic E-state index is 13.6. The first kappa shape index (κ1) is 16.9. The first-order chi connectivity index (χ1) is 9.36. The number of carbonyl (C=O) groups is 1. The Balaban J connectivity index is 2.58. The second-order valence-corrected chi connectivity index (χ2v) is 5.76. The minimum Gasteiger partial charge on any atom is -0.383 e. The predicted molar refractivity (Wildman–Crippen MR) is 76.6 cm³/mol. The molecule has 0 spiro atoms. The number of aliphatic hydroxyl groups is 1. The molecular weight excluding hydrogens is 284 g/mol. The van der Waals surface area contributed by atoms with Crippen LogP contribution in [0.4, 0.5) is 8.78 Å². The lowest BCUT2D eigenvalue weighted by atomic mass is 9.95. The topological polar surface area (TPSA) is 49.3 Å². The summed E-state index contributed by atoms with van der Waals surface area (Å²) in [5.74, 6) is -0.840. The van der Waals surface area contributed by atoms with E-state index in [1.54, 1.807) is 11.8 Å². The largest absolute Gasteiger partial charge is 0.383 e. The number of thioether (sulfide) groups is 1. The summed E-state index contributed by atoms with van der Waals surface area (Å²) in [7, 11) is 0. The molecule has 0 heterocycles. The highest BCUT2D eigenvalue weighted by Crippen LogP contribution is 2.23. The van der Waals surface area contributed by atoms with E-state index in [1.807, 2.05) is 6.26 Å². The van der Waals surface area contributed by atoms with Crippen LogP contribution in [0.3, 0.4) is 0 Å². The molecule has 0 bridgehead atoms. The summed E-state index contributed by atoms with van der Waals surface area (Å²) < 4.78 is 26.4. The van der Waals surface area contributed by atoms with Crippen molar-refractivity contribution in [1.29, 1.82) is 0 Å². The van der Waals surface area contributed by atoms with Gasteiger partial charge in [-0.05, 0) is 31.4 Å². The van der Waals surface area contributed by atoms with Crippen LogP contribution in [0.1, 0.15) is 25.3 Å². The van der Waals surface area contributed by atoms with E-state index < -0.39 is 17.2 Å². The molecular formula is C14H19F2NO2S. The Morgan fingerprint density at radius 2 is 2.15 bits per heavy atom. The Hall–Kier alpha value is -1.14. The fraction of sp³-hybridized carbons (Fsp3) is 0.500. The SMILES string of the molecule is CSCCCC(=O)NCC(C)(O)c1ccc(F)cc1F. The molecule has 0 aliphatic rings. The summed E-state index contributed by atoms with van der Waals surface area (Å²) in [4.78, 5) is 11.5. The zero-order chi connectivity index (χ0) is 15.2. The molecule has 1 atom stereocenters. The van der Waals surface area contributed by atoms with Gasteiger partial charge in [0.1, 0.15) is 17.2 Å². The van der Waals surface area contributed by atoms with Crippen LogP contribution in [0.15, 0.2) is 18.2 Å². The van der Waals surface area contributed by atoms with Gasteiger partial charge in [-0.25, -0.2) is 8.78 Å². The third-order valence-electron chi connectivity index (χ3n) is 2.89. The Kier molecular flexibility index (Phi) is 6.42. The van der Waals surface area contributed by atoms with Gasteiger partial charge >= 0.3 is 0 Å². The Morgan fingerprint density at radius 3 is 2.75 bits per heavy atom. The Labute approximate surface area is 121 Å². The van der Waals surface area contributed by atoms with Crippen LogP contribution in [-0.2, 0) is 10.4 Å². The molecule has 6 heteroatoms. The fourth-order valence-electron chi connectivity index (χ4n) is 1.76. The number of benzene rings is 1. The fourth-order valence-corrected chi connectivity index (χ4v) is 2.19. The quantitative estimate of drug-likeness (QED) is 0.761. The van der Waals surface area contributed by atoms with Crippen molar-refractivity contribution in [3.63, 3.8) is 0 Å². The van der Waals surface area contributed by atoms with Crippen molar-refractivity contribution < 1.29 is 18.7 Å². The molecule has 1 aromatic carbocycles. The molecule has 0 fully saturated rings. The van der Waals surface area contributed by atoms with Gasteiger partial charge in [-0.3, -0.25) is 4.79 Å². The minimum absolute atomic E-state index is 0.0386. The standard InChI is InChI=1S/C14H19F2NO2S/c1-14(19,9-17-13(18)4-3-7-20-2)11-6-5-10(15)8-12(11)16/h5-6,8,19H,3-4,7,9H2,1-2H3,(H,17,18). The smallest absolute Gasteiger partial charge is 0.220 e. The number of nitrogens with one attached hydrogen (secondary N) is 1. The van der Waals surface area contributed by atoms with E-state index in [2.05, 4.69) is 5.32 Å². The van der Waals surface area contributed by atoms with Gasteiger partial charge in [0, 0.05) is 18.1 Å². The van der Waals surface area contributed by atoms with Gasteiger partial charge in [0.15, 0.2) is 0 Å². The highest BCUT2D eigenvalue weighted by atomic mass is 32.2. The molecule has 2 N–H and O–H groups in total. The van der Waals surface area contributed by atoms with Crippen molar-refractivity contribution in [2.75, 3.05) is 18.6 Å². The number of hydrogen-bond acceptors (Lipinski definition) is 3. The van der Waals surface area contributed by atoms with Gasteiger partial charge in [0.05, 0.1) is 6.54 Å². The van der Waals surface area contributed by atoms with Crippen LogP contribution in [0.2, 0.25) is 0 Å². The maximum Gasteiger partial charge on any atom is 0.220 e. The second-order valence-electron chi connectivity index (χ2n) is 4.77. The van der Waals surface area contributed by atoms with Gasteiger partial charge < -0.3 is 10.4 Å². The Morgan fingerprint density at radius 1 is 1.45 bits per heavy atom. The average Bonchev–Trinajstić information content (AvgIpc) is 2.36. The van der Waals surface area contributed by atoms with E-state index in [9.17, 15) is 18.7 Å². The van der Waals surface area contributed by atoms with Crippen molar-refractivity contribution in [3.8, 4) is 0 Å². The highest BCUT2D eigenvalue weighted by molar-refractivity contribution is 7.98. The first-order valence-electron chi connectivity index (χ1n) is 6.30. The molecule has 1 amide bonds. The normalized spacial score (nSPS) is 13.8. The van der Waals surface area contributed by atoms with E-state index in [4.69, 9.17) is 0 Å². The molecule has 1 rings (SSSR count). The number of rotatable bonds is 7. The summed E-state index contributed by atoms with van der Waals surface area (Å²) >= 11 is 1.65. The number of halogens is 2. The lowest BCUT2D eigenvalue weighted by molar-refractivity contribution is -0.122. The average molecular weight is 303 g/mol. The van der Waals surface area contributed by atoms with Gasteiger partial charge in [-0.1, -0.05) is 6.07 Å². The van der Waals surface area contributed by atoms with Crippen molar-refractivity contribution in [2.24, 2.45) is 0 Å². The zero-order valence-corrected chi connectivity index (χ0v) is 12.4.